The van der Waals surface area contributed by atoms with Crippen LogP contribution in [-0.2, 0) is 16.1 Å². The zero-order valence-corrected chi connectivity index (χ0v) is 16.4. The van der Waals surface area contributed by atoms with E-state index in [2.05, 4.69) is 0 Å². The zero-order valence-electron chi connectivity index (χ0n) is 16.4. The number of imide groups is 2. The first kappa shape index (κ1) is 20.8. The summed E-state index contributed by atoms with van der Waals surface area (Å²) in [6.07, 6.45) is 0. The fraction of sp³-hybridized carbons (Fsp3) is 0.250. The van der Waals surface area contributed by atoms with E-state index in [1.807, 2.05) is 6.92 Å². The normalized spacial score (nSPS) is 13.7. The molecule has 10 heteroatoms. The lowest BCUT2D eigenvalue weighted by Gasteiger charge is -2.18. The second-order valence-electron chi connectivity index (χ2n) is 6.24. The summed E-state index contributed by atoms with van der Waals surface area (Å²) in [6.45, 7) is 4.16. The number of hydrogen-bond donors (Lipinski definition) is 0. The van der Waals surface area contributed by atoms with Crippen molar-refractivity contribution >= 4 is 29.2 Å². The van der Waals surface area contributed by atoms with Crippen molar-refractivity contribution in [2.45, 2.75) is 20.4 Å². The highest BCUT2D eigenvalue weighted by Crippen LogP contribution is 2.34. The molecule has 0 N–H and O–H groups in total. The van der Waals surface area contributed by atoms with E-state index in [1.165, 1.54) is 36.4 Å². The van der Waals surface area contributed by atoms with Crippen molar-refractivity contribution in [3.05, 3.63) is 58.1 Å². The summed E-state index contributed by atoms with van der Waals surface area (Å²) in [4.78, 5) is 49.5. The van der Waals surface area contributed by atoms with Crippen molar-refractivity contribution in [1.82, 2.24) is 4.90 Å². The van der Waals surface area contributed by atoms with Crippen molar-refractivity contribution < 1.29 is 28.8 Å². The van der Waals surface area contributed by atoms with Crippen LogP contribution in [0.4, 0.5) is 16.2 Å². The molecule has 156 valence electrons. The first-order valence-corrected chi connectivity index (χ1v) is 9.20. The van der Waals surface area contributed by atoms with E-state index < -0.39 is 22.8 Å². The lowest BCUT2D eigenvalue weighted by Crippen LogP contribution is -2.33. The largest absolute Gasteiger partial charge is 0.490 e. The number of rotatable bonds is 8. The van der Waals surface area contributed by atoms with Crippen molar-refractivity contribution in [3.8, 4) is 11.5 Å². The zero-order chi connectivity index (χ0) is 21.8. The van der Waals surface area contributed by atoms with Crippen LogP contribution in [0.15, 0.2) is 42.5 Å². The molecule has 0 saturated carbocycles. The van der Waals surface area contributed by atoms with Gasteiger partial charge in [-0.3, -0.25) is 24.6 Å². The van der Waals surface area contributed by atoms with Gasteiger partial charge in [-0.25, -0.2) is 9.69 Å². The molecular weight excluding hydrogens is 394 g/mol. The molecule has 1 aliphatic rings. The number of non-ortho nitro benzene ring substituents is 1. The van der Waals surface area contributed by atoms with Gasteiger partial charge in [0.25, 0.3) is 5.69 Å². The van der Waals surface area contributed by atoms with Crippen molar-refractivity contribution in [3.63, 3.8) is 0 Å². The minimum Gasteiger partial charge on any atom is -0.490 e. The summed E-state index contributed by atoms with van der Waals surface area (Å²) in [5.41, 5.74) is 0.531. The lowest BCUT2D eigenvalue weighted by atomic mass is 10.2. The molecule has 2 aromatic carbocycles. The summed E-state index contributed by atoms with van der Waals surface area (Å²) in [7, 11) is 0. The van der Waals surface area contributed by atoms with Gasteiger partial charge in [-0.1, -0.05) is 12.1 Å². The highest BCUT2D eigenvalue weighted by Gasteiger charge is 2.45. The smallest absolute Gasteiger partial charge is 0.339 e. The number of nitrogens with zero attached hydrogens (tertiary/aromatic N) is 3. The second kappa shape index (κ2) is 8.60. The van der Waals surface area contributed by atoms with Crippen LogP contribution in [0.5, 0.6) is 11.5 Å². The van der Waals surface area contributed by atoms with Crippen LogP contribution in [0.1, 0.15) is 19.4 Å². The molecule has 0 bridgehead atoms. The number of hydrogen-bond acceptors (Lipinski definition) is 7. The molecule has 0 aromatic heterocycles. The highest BCUT2D eigenvalue weighted by molar-refractivity contribution is 6.52. The van der Waals surface area contributed by atoms with Gasteiger partial charge in [-0.2, -0.15) is 0 Å². The Morgan fingerprint density at radius 2 is 1.53 bits per heavy atom. The van der Waals surface area contributed by atoms with E-state index in [0.29, 0.717) is 30.3 Å². The SMILES string of the molecule is CCOc1ccc(N2C(=O)C(=O)N(Cc3ccc([N+](=O)[O-])cc3)C2=O)cc1OCC. The summed E-state index contributed by atoms with van der Waals surface area (Å²) >= 11 is 0. The Balaban J connectivity index is 1.86. The average molecular weight is 413 g/mol. The van der Waals surface area contributed by atoms with Gasteiger partial charge in [0.2, 0.25) is 0 Å². The molecule has 4 amide bonds. The summed E-state index contributed by atoms with van der Waals surface area (Å²) < 4.78 is 11.0. The molecule has 10 nitrogen and oxygen atoms in total. The number of urea groups is 1. The number of nitro groups is 1. The molecule has 3 rings (SSSR count). The Kier molecular flexibility index (Phi) is 5.95. The third-order valence-electron chi connectivity index (χ3n) is 4.33. The van der Waals surface area contributed by atoms with Crippen LogP contribution in [0.25, 0.3) is 0 Å². The van der Waals surface area contributed by atoms with E-state index in [1.54, 1.807) is 13.0 Å². The third-order valence-corrected chi connectivity index (χ3v) is 4.33. The Bertz CT molecular complexity index is 1000. The van der Waals surface area contributed by atoms with Crippen LogP contribution in [-0.4, -0.2) is 40.9 Å². The molecule has 0 unspecified atom stereocenters. The van der Waals surface area contributed by atoms with Crippen LogP contribution in [0.3, 0.4) is 0 Å². The van der Waals surface area contributed by atoms with Crippen molar-refractivity contribution in [2.75, 3.05) is 18.1 Å². The molecule has 2 aromatic rings. The van der Waals surface area contributed by atoms with E-state index in [4.69, 9.17) is 9.47 Å². The molecule has 1 heterocycles. The molecule has 1 fully saturated rings. The van der Waals surface area contributed by atoms with Gasteiger partial charge in [0, 0.05) is 18.2 Å². The number of anilines is 1. The van der Waals surface area contributed by atoms with Gasteiger partial charge in [0.05, 0.1) is 30.4 Å². The maximum absolute atomic E-state index is 12.8. The highest BCUT2D eigenvalue weighted by atomic mass is 16.6. The maximum atomic E-state index is 12.8. The molecule has 1 aliphatic heterocycles. The monoisotopic (exact) mass is 413 g/mol. The Hall–Kier alpha value is -3.95. The number of nitro benzene ring substituents is 1. The van der Waals surface area contributed by atoms with Crippen LogP contribution in [0.2, 0.25) is 0 Å². The number of amides is 4. The van der Waals surface area contributed by atoms with Gasteiger partial charge in [0.1, 0.15) is 0 Å². The molecule has 0 radical (unpaired) electrons. The Labute approximate surface area is 171 Å². The van der Waals surface area contributed by atoms with Gasteiger partial charge in [-0.05, 0) is 31.5 Å². The van der Waals surface area contributed by atoms with Crippen molar-refractivity contribution in [2.24, 2.45) is 0 Å². The fourth-order valence-electron chi connectivity index (χ4n) is 2.96. The van der Waals surface area contributed by atoms with Crippen LogP contribution in [0, 0.1) is 10.1 Å². The van der Waals surface area contributed by atoms with Gasteiger partial charge in [0.15, 0.2) is 11.5 Å². The predicted octanol–water partition coefficient (Wildman–Crippen LogP) is 2.89. The second-order valence-corrected chi connectivity index (χ2v) is 6.24. The minimum atomic E-state index is -0.992. The number of benzene rings is 2. The molecule has 1 saturated heterocycles. The predicted molar refractivity (Wildman–Crippen MR) is 105 cm³/mol. The Morgan fingerprint density at radius 3 is 2.13 bits per heavy atom. The molecule has 0 aliphatic carbocycles. The number of carbonyl (C=O) groups excluding carboxylic acids is 3. The minimum absolute atomic E-state index is 0.117. The van der Waals surface area contributed by atoms with Gasteiger partial charge >= 0.3 is 17.8 Å². The first-order chi connectivity index (χ1) is 14.4. The van der Waals surface area contributed by atoms with Crippen LogP contribution >= 0.6 is 0 Å². The number of ether oxygens (including phenoxy) is 2. The summed E-state index contributed by atoms with van der Waals surface area (Å²) in [6, 6.07) is 9.09. The summed E-state index contributed by atoms with van der Waals surface area (Å²) in [5, 5.41) is 10.8. The van der Waals surface area contributed by atoms with E-state index in [-0.39, 0.29) is 17.9 Å². The third kappa shape index (κ3) is 3.93. The van der Waals surface area contributed by atoms with Crippen LogP contribution < -0.4 is 14.4 Å². The maximum Gasteiger partial charge on any atom is 0.339 e. The van der Waals surface area contributed by atoms with E-state index in [9.17, 15) is 24.5 Å². The van der Waals surface area contributed by atoms with E-state index >= 15 is 0 Å². The van der Waals surface area contributed by atoms with Gasteiger partial charge < -0.3 is 9.47 Å². The number of carbonyl (C=O) groups is 3. The molecule has 30 heavy (non-hydrogen) atoms. The summed E-state index contributed by atoms with van der Waals surface area (Å²) in [5.74, 6) is -1.17. The van der Waals surface area contributed by atoms with Crippen molar-refractivity contribution in [1.29, 1.82) is 0 Å². The molecule has 0 atom stereocenters. The topological polar surface area (TPSA) is 119 Å². The lowest BCUT2D eigenvalue weighted by molar-refractivity contribution is -0.384. The first-order valence-electron chi connectivity index (χ1n) is 9.20. The standard InChI is InChI=1S/C20H19N3O7/c1-3-29-16-10-9-15(11-17(16)30-4-2)22-19(25)18(24)21(20(22)26)12-13-5-7-14(8-6-13)23(27)28/h5-11H,3-4,12H2,1-2H3. The van der Waals surface area contributed by atoms with Gasteiger partial charge in [-0.15, -0.1) is 0 Å². The molecular formula is C20H19N3O7. The average Bonchev–Trinajstić information content (AvgIpc) is 2.93. The molecule has 0 spiro atoms. The Morgan fingerprint density at radius 1 is 0.900 bits per heavy atom. The quantitative estimate of drug-likeness (QED) is 0.282. The fourth-order valence-corrected chi connectivity index (χ4v) is 2.96. The van der Waals surface area contributed by atoms with E-state index in [0.717, 1.165) is 9.80 Å².